The normalized spacial score (nSPS) is 21.1. The first kappa shape index (κ1) is 52.1. The summed E-state index contributed by atoms with van der Waals surface area (Å²) in [6.45, 7) is 1.79. The molecule has 1 saturated heterocycles. The number of nitrogens with two attached hydrogens (primary N) is 1. The third-order valence-electron chi connectivity index (χ3n) is 8.69. The Bertz CT molecular complexity index is 2430. The molecule has 1 fully saturated rings. The molecule has 1 aliphatic heterocycles. The van der Waals surface area contributed by atoms with Crippen LogP contribution in [0.25, 0.3) is 16.7 Å². The molecule has 2 amide bonds. The van der Waals surface area contributed by atoms with E-state index in [1.807, 2.05) is 0 Å². The Labute approximate surface area is 362 Å². The van der Waals surface area contributed by atoms with Crippen LogP contribution in [-0.4, -0.2) is 136 Å². The minimum atomic E-state index is -5.61. The van der Waals surface area contributed by atoms with Gasteiger partial charge in [-0.05, 0) is 36.3 Å². The summed E-state index contributed by atoms with van der Waals surface area (Å²) in [6, 6.07) is 5.22. The Morgan fingerprint density at radius 2 is 1.68 bits per heavy atom. The number of nitrogens with zero attached hydrogens (tertiary/aromatic N) is 4. The van der Waals surface area contributed by atoms with Crippen LogP contribution in [-0.2, 0) is 60.8 Å². The number of phosphoric acid groups is 3. The van der Waals surface area contributed by atoms with Crippen LogP contribution in [0, 0.1) is 5.41 Å². The lowest BCUT2D eigenvalue weighted by Gasteiger charge is -2.30. The maximum atomic E-state index is 12.7. The van der Waals surface area contributed by atoms with E-state index >= 15 is 0 Å². The average Bonchev–Trinajstić information content (AvgIpc) is 3.74. The molecule has 7 atom stereocenters. The molecule has 0 aliphatic carbocycles. The van der Waals surface area contributed by atoms with Gasteiger partial charge in [0.25, 0.3) is 10.1 Å². The highest BCUT2D eigenvalue weighted by molar-refractivity contribution is 8.14. The van der Waals surface area contributed by atoms with Crippen molar-refractivity contribution in [1.29, 1.82) is 0 Å². The van der Waals surface area contributed by atoms with E-state index in [-0.39, 0.29) is 52.3 Å². The first-order chi connectivity index (χ1) is 29.1. The van der Waals surface area contributed by atoms with Gasteiger partial charge in [-0.15, -0.1) is 0 Å². The van der Waals surface area contributed by atoms with Crippen LogP contribution in [0.4, 0.5) is 5.82 Å². The summed E-state index contributed by atoms with van der Waals surface area (Å²) in [7, 11) is -20.9. The molecule has 63 heavy (non-hydrogen) atoms. The van der Waals surface area contributed by atoms with Gasteiger partial charge in [0, 0.05) is 30.7 Å². The molecular weight excluding hydrogens is 947 g/mol. The van der Waals surface area contributed by atoms with E-state index in [1.54, 1.807) is 6.92 Å². The lowest BCUT2D eigenvalue weighted by Crippen LogP contribution is -2.46. The lowest BCUT2D eigenvalue weighted by atomic mass is 9.87. The summed E-state index contributed by atoms with van der Waals surface area (Å²) < 4.78 is 93.7. The Kier molecular flexibility index (Phi) is 17.5. The molecule has 4 rings (SSSR count). The second-order valence-corrected chi connectivity index (χ2v) is 20.8. The van der Waals surface area contributed by atoms with Crippen molar-refractivity contribution in [3.63, 3.8) is 0 Å². The number of imidazole rings is 1. The minimum absolute atomic E-state index is 0.0150. The van der Waals surface area contributed by atoms with Crippen LogP contribution in [0.2, 0.25) is 0 Å². The summed E-state index contributed by atoms with van der Waals surface area (Å²) in [6.07, 6.45) is -5.84. The molecular formula is C31H44N7O20P3S2. The highest BCUT2D eigenvalue weighted by Gasteiger charge is 2.50. The summed E-state index contributed by atoms with van der Waals surface area (Å²) in [5.41, 5.74) is 5.25. The number of hydrogen-bond donors (Lipinski definition) is 10. The largest absolute Gasteiger partial charge is 0.481 e. The van der Waals surface area contributed by atoms with Crippen LogP contribution < -0.4 is 16.4 Å². The molecule has 0 saturated carbocycles. The number of carbonyl (C=O) groups is 3. The van der Waals surface area contributed by atoms with Crippen molar-refractivity contribution in [3.05, 3.63) is 48.6 Å². The van der Waals surface area contributed by atoms with Crippen molar-refractivity contribution in [1.82, 2.24) is 30.2 Å². The van der Waals surface area contributed by atoms with Gasteiger partial charge in [-0.2, -0.15) is 12.7 Å². The number of nitrogens with one attached hydrogen (secondary N) is 2. The van der Waals surface area contributed by atoms with Gasteiger partial charge >= 0.3 is 23.5 Å². The number of ether oxygens (including phenoxy) is 1. The molecule has 7 unspecified atom stereocenters. The van der Waals surface area contributed by atoms with E-state index in [1.165, 1.54) is 44.2 Å². The SMILES string of the molecule is C/C(=C/C(=O)SCCNC(=O)CCNC(=O)C(O)C(C)(C)COP(=O)(O)OP(=O)(O)OCC1OC(n2cnc3c(N)ncnc32)C(O)C1OP(=O)(O)O)c1ccc(S(=O)(=O)O)cc1. The van der Waals surface area contributed by atoms with Crippen LogP contribution in [0.3, 0.4) is 0 Å². The molecule has 0 bridgehead atoms. The number of aromatic nitrogens is 4. The predicted molar refractivity (Wildman–Crippen MR) is 217 cm³/mol. The van der Waals surface area contributed by atoms with Gasteiger partial charge < -0.3 is 50.9 Å². The van der Waals surface area contributed by atoms with Gasteiger partial charge in [0.1, 0.15) is 36.3 Å². The molecule has 350 valence electrons. The van der Waals surface area contributed by atoms with Crippen molar-refractivity contribution in [2.75, 3.05) is 37.8 Å². The molecule has 27 nitrogen and oxygen atoms in total. The van der Waals surface area contributed by atoms with E-state index in [2.05, 4.69) is 34.4 Å². The first-order valence-corrected chi connectivity index (χ1v) is 24.9. The zero-order valence-corrected chi connectivity index (χ0v) is 37.4. The van der Waals surface area contributed by atoms with Crippen LogP contribution in [0.15, 0.2) is 47.9 Å². The smallest absolute Gasteiger partial charge is 0.386 e. The Morgan fingerprint density at radius 1 is 1.03 bits per heavy atom. The Morgan fingerprint density at radius 3 is 2.32 bits per heavy atom. The number of anilines is 1. The number of rotatable bonds is 22. The molecule has 11 N–H and O–H groups in total. The fourth-order valence-electron chi connectivity index (χ4n) is 5.47. The third-order valence-corrected chi connectivity index (χ3v) is 13.5. The second kappa shape index (κ2) is 21.2. The van der Waals surface area contributed by atoms with Crippen molar-refractivity contribution in [2.24, 2.45) is 5.41 Å². The zero-order valence-electron chi connectivity index (χ0n) is 33.1. The summed E-state index contributed by atoms with van der Waals surface area (Å²) in [5.74, 6) is -1.42. The monoisotopic (exact) mass is 991 g/mol. The van der Waals surface area contributed by atoms with Gasteiger partial charge in [-0.1, -0.05) is 37.7 Å². The van der Waals surface area contributed by atoms with Crippen LogP contribution >= 0.6 is 35.2 Å². The second-order valence-electron chi connectivity index (χ2n) is 14.1. The maximum absolute atomic E-state index is 12.7. The third kappa shape index (κ3) is 15.3. The predicted octanol–water partition coefficient (Wildman–Crippen LogP) is 0.0149. The van der Waals surface area contributed by atoms with Crippen molar-refractivity contribution < 1.29 is 93.5 Å². The number of phosphoric ester groups is 3. The Balaban J connectivity index is 1.20. The molecule has 0 radical (unpaired) electrons. The average molecular weight is 992 g/mol. The number of hydrogen-bond acceptors (Lipinski definition) is 20. The number of fused-ring (bicyclic) bond motifs is 1. The quantitative estimate of drug-likeness (QED) is 0.0274. The zero-order chi connectivity index (χ0) is 47.1. The minimum Gasteiger partial charge on any atom is -0.386 e. The molecule has 2 aromatic heterocycles. The summed E-state index contributed by atoms with van der Waals surface area (Å²) in [5, 5.41) is 26.0. The van der Waals surface area contributed by atoms with Crippen molar-refractivity contribution in [3.8, 4) is 0 Å². The van der Waals surface area contributed by atoms with Gasteiger partial charge in [0.05, 0.1) is 24.4 Å². The Hall–Kier alpha value is -3.57. The molecule has 0 spiro atoms. The van der Waals surface area contributed by atoms with Crippen LogP contribution in [0.5, 0.6) is 0 Å². The molecule has 3 heterocycles. The number of benzene rings is 1. The topological polar surface area (TPSA) is 418 Å². The number of thioether (sulfide) groups is 1. The van der Waals surface area contributed by atoms with Crippen molar-refractivity contribution >= 4 is 84.8 Å². The first-order valence-electron chi connectivity index (χ1n) is 17.9. The number of allylic oxidation sites excluding steroid dienone is 1. The molecule has 1 aromatic carbocycles. The fourth-order valence-corrected chi connectivity index (χ4v) is 9.45. The number of carbonyl (C=O) groups excluding carboxylic acids is 3. The van der Waals surface area contributed by atoms with E-state index in [9.17, 15) is 66.3 Å². The standard InChI is InChI=1S/C31H44N7O20P3S2/c1-17(18-4-6-19(7-5-18)63(51,52)53)12-22(40)62-11-10-33-21(39)8-9-34-29(43)26(42)31(2,3)14-55-61(49,50)58-60(47,48)54-13-20-25(57-59(44,45)46)24(41)30(56-20)38-16-37-23-27(32)35-15-36-28(23)38/h4-7,12,15-16,20,24-26,30,41-42H,8-11,13-14H2,1-3H3,(H,33,39)(H,34,43)(H,47,48)(H,49,50)(H2,32,35,36)(H2,44,45,46)(H,51,52,53)/b17-12-. The van der Waals surface area contributed by atoms with E-state index in [4.69, 9.17) is 24.1 Å². The number of aliphatic hydroxyl groups excluding tert-OH is 2. The number of nitrogen functional groups attached to an aromatic ring is 1. The fraction of sp³-hybridized carbons (Fsp3) is 0.484. The summed E-state index contributed by atoms with van der Waals surface area (Å²) in [4.78, 5) is 87.9. The van der Waals surface area contributed by atoms with E-state index in [0.29, 0.717) is 11.1 Å². The summed E-state index contributed by atoms with van der Waals surface area (Å²) >= 11 is 0.888. The highest BCUT2D eigenvalue weighted by Crippen LogP contribution is 2.61. The molecule has 1 aliphatic rings. The van der Waals surface area contributed by atoms with E-state index < -0.39 is 94.7 Å². The van der Waals surface area contributed by atoms with Gasteiger partial charge in [-0.25, -0.2) is 28.6 Å². The number of aliphatic hydroxyl groups is 2. The lowest BCUT2D eigenvalue weighted by molar-refractivity contribution is -0.137. The van der Waals surface area contributed by atoms with Gasteiger partial charge in [0.15, 0.2) is 17.7 Å². The van der Waals surface area contributed by atoms with Crippen LogP contribution in [0.1, 0.15) is 39.0 Å². The highest BCUT2D eigenvalue weighted by atomic mass is 32.2. The van der Waals surface area contributed by atoms with Crippen molar-refractivity contribution in [2.45, 2.75) is 62.7 Å². The van der Waals surface area contributed by atoms with Gasteiger partial charge in [0.2, 0.25) is 16.9 Å². The molecule has 32 heteroatoms. The number of amides is 2. The van der Waals surface area contributed by atoms with E-state index in [0.717, 1.165) is 29.0 Å². The molecule has 3 aromatic rings. The van der Waals surface area contributed by atoms with Gasteiger partial charge in [-0.3, -0.25) is 37.1 Å². The maximum Gasteiger partial charge on any atom is 0.481 e.